The molecule has 0 unspecified atom stereocenters. The molecule has 1 amide bonds. The van der Waals surface area contributed by atoms with Gasteiger partial charge in [0.25, 0.3) is 5.91 Å². The van der Waals surface area contributed by atoms with Crippen molar-refractivity contribution >= 4 is 46.3 Å². The topological polar surface area (TPSA) is 57.6 Å². The predicted octanol–water partition coefficient (Wildman–Crippen LogP) is 4.73. The van der Waals surface area contributed by atoms with Gasteiger partial charge in [0, 0.05) is 13.0 Å². The minimum atomic E-state index is -0.872. The van der Waals surface area contributed by atoms with Crippen LogP contribution in [0.4, 0.5) is 0 Å². The molecule has 0 aliphatic carbocycles. The SMILES string of the molecule is Cc1ccccc1-c1ccccc1/C=C1\SC(=S)N(CCCC(=O)O)C1=O. The van der Waals surface area contributed by atoms with E-state index in [4.69, 9.17) is 17.3 Å². The molecule has 4 nitrogen and oxygen atoms in total. The summed E-state index contributed by atoms with van der Waals surface area (Å²) in [4.78, 5) is 25.5. The zero-order chi connectivity index (χ0) is 19.4. The normalized spacial score (nSPS) is 15.6. The monoisotopic (exact) mass is 397 g/mol. The molecule has 2 aromatic rings. The first-order valence-electron chi connectivity index (χ1n) is 8.59. The second kappa shape index (κ2) is 8.50. The lowest BCUT2D eigenvalue weighted by atomic mass is 9.96. The standard InChI is InChI=1S/C21H19NO3S2/c1-14-7-2-4-9-16(14)17-10-5-3-8-15(17)13-18-20(25)22(21(26)27-18)12-6-11-19(23)24/h2-5,7-10,13H,6,11-12H2,1H3,(H,23,24)/b18-13-. The number of thioether (sulfide) groups is 1. The third-order valence-electron chi connectivity index (χ3n) is 4.33. The number of carboxylic acid groups (broad SMARTS) is 1. The second-order valence-electron chi connectivity index (χ2n) is 6.23. The maximum Gasteiger partial charge on any atom is 0.303 e. The van der Waals surface area contributed by atoms with Crippen molar-refractivity contribution < 1.29 is 14.7 Å². The Morgan fingerprint density at radius 1 is 1.15 bits per heavy atom. The van der Waals surface area contributed by atoms with E-state index in [0.29, 0.717) is 22.2 Å². The highest BCUT2D eigenvalue weighted by atomic mass is 32.2. The van der Waals surface area contributed by atoms with E-state index >= 15 is 0 Å². The van der Waals surface area contributed by atoms with E-state index in [-0.39, 0.29) is 12.3 Å². The molecule has 0 bridgehead atoms. The molecule has 1 aliphatic rings. The van der Waals surface area contributed by atoms with Crippen molar-refractivity contribution in [3.05, 3.63) is 64.6 Å². The molecule has 138 valence electrons. The summed E-state index contributed by atoms with van der Waals surface area (Å²) in [6.45, 7) is 2.39. The quantitative estimate of drug-likeness (QED) is 0.564. The fourth-order valence-corrected chi connectivity index (χ4v) is 4.27. The zero-order valence-electron chi connectivity index (χ0n) is 14.8. The number of carbonyl (C=O) groups excluding carboxylic acids is 1. The Hall–Kier alpha value is -2.44. The second-order valence-corrected chi connectivity index (χ2v) is 7.91. The third-order valence-corrected chi connectivity index (χ3v) is 5.71. The smallest absolute Gasteiger partial charge is 0.303 e. The molecule has 0 aromatic heterocycles. The van der Waals surface area contributed by atoms with Gasteiger partial charge in [0.05, 0.1) is 4.91 Å². The Morgan fingerprint density at radius 3 is 2.52 bits per heavy atom. The molecule has 1 aliphatic heterocycles. The molecule has 1 heterocycles. The molecule has 0 saturated carbocycles. The lowest BCUT2D eigenvalue weighted by Crippen LogP contribution is -2.29. The molecule has 0 atom stereocenters. The van der Waals surface area contributed by atoms with Crippen LogP contribution in [-0.4, -0.2) is 32.7 Å². The molecule has 1 fully saturated rings. The molecule has 0 spiro atoms. The van der Waals surface area contributed by atoms with Crippen molar-refractivity contribution in [2.75, 3.05) is 6.54 Å². The Kier molecular flexibility index (Phi) is 6.08. The van der Waals surface area contributed by atoms with Gasteiger partial charge in [0.15, 0.2) is 0 Å². The van der Waals surface area contributed by atoms with Gasteiger partial charge >= 0.3 is 5.97 Å². The van der Waals surface area contributed by atoms with Crippen molar-refractivity contribution in [3.63, 3.8) is 0 Å². The van der Waals surface area contributed by atoms with E-state index in [9.17, 15) is 9.59 Å². The van der Waals surface area contributed by atoms with Crippen LogP contribution in [0.25, 0.3) is 17.2 Å². The van der Waals surface area contributed by atoms with Crippen molar-refractivity contribution in [2.24, 2.45) is 0 Å². The largest absolute Gasteiger partial charge is 0.481 e. The number of aryl methyl sites for hydroxylation is 1. The highest BCUT2D eigenvalue weighted by molar-refractivity contribution is 8.26. The van der Waals surface area contributed by atoms with Crippen LogP contribution in [0.1, 0.15) is 24.0 Å². The summed E-state index contributed by atoms with van der Waals surface area (Å²) in [5.41, 5.74) is 4.31. The van der Waals surface area contributed by atoms with E-state index in [1.54, 1.807) is 0 Å². The van der Waals surface area contributed by atoms with Gasteiger partial charge in [0.2, 0.25) is 0 Å². The van der Waals surface area contributed by atoms with Crippen LogP contribution >= 0.6 is 24.0 Å². The van der Waals surface area contributed by atoms with Gasteiger partial charge in [-0.2, -0.15) is 0 Å². The maximum absolute atomic E-state index is 12.7. The molecular formula is C21H19NO3S2. The van der Waals surface area contributed by atoms with Crippen LogP contribution in [-0.2, 0) is 9.59 Å². The van der Waals surface area contributed by atoms with E-state index in [1.165, 1.54) is 22.2 Å². The summed E-state index contributed by atoms with van der Waals surface area (Å²) >= 11 is 6.58. The van der Waals surface area contributed by atoms with Gasteiger partial charge in [-0.05, 0) is 41.7 Å². The Balaban J connectivity index is 1.88. The fraction of sp³-hybridized carbons (Fsp3) is 0.190. The number of carbonyl (C=O) groups is 2. The molecule has 27 heavy (non-hydrogen) atoms. The van der Waals surface area contributed by atoms with Crippen LogP contribution in [0.3, 0.4) is 0 Å². The van der Waals surface area contributed by atoms with E-state index in [0.717, 1.165) is 16.7 Å². The summed E-state index contributed by atoms with van der Waals surface area (Å²) in [5.74, 6) is -1.03. The molecular weight excluding hydrogens is 378 g/mol. The Labute approximate surface area is 167 Å². The fourth-order valence-electron chi connectivity index (χ4n) is 2.97. The number of nitrogens with zero attached hydrogens (tertiary/aromatic N) is 1. The van der Waals surface area contributed by atoms with Gasteiger partial charge in [0.1, 0.15) is 4.32 Å². The average molecular weight is 398 g/mol. The number of carboxylic acids is 1. The van der Waals surface area contributed by atoms with Crippen LogP contribution in [0.2, 0.25) is 0 Å². The van der Waals surface area contributed by atoms with Gasteiger partial charge in [-0.25, -0.2) is 0 Å². The van der Waals surface area contributed by atoms with Gasteiger partial charge < -0.3 is 5.11 Å². The van der Waals surface area contributed by atoms with Crippen LogP contribution in [0.15, 0.2) is 53.4 Å². The lowest BCUT2D eigenvalue weighted by molar-refractivity contribution is -0.137. The molecule has 6 heteroatoms. The highest BCUT2D eigenvalue weighted by Gasteiger charge is 2.31. The lowest BCUT2D eigenvalue weighted by Gasteiger charge is -2.13. The third kappa shape index (κ3) is 4.46. The highest BCUT2D eigenvalue weighted by Crippen LogP contribution is 2.35. The molecule has 1 saturated heterocycles. The minimum Gasteiger partial charge on any atom is -0.481 e. The first-order valence-corrected chi connectivity index (χ1v) is 9.82. The Bertz CT molecular complexity index is 937. The van der Waals surface area contributed by atoms with Crippen LogP contribution in [0.5, 0.6) is 0 Å². The molecule has 0 radical (unpaired) electrons. The number of rotatable bonds is 6. The van der Waals surface area contributed by atoms with Gasteiger partial charge in [-0.15, -0.1) is 0 Å². The minimum absolute atomic E-state index is 0.0201. The van der Waals surface area contributed by atoms with E-state index in [2.05, 4.69) is 19.1 Å². The first-order chi connectivity index (χ1) is 13.0. The number of amides is 1. The summed E-state index contributed by atoms with van der Waals surface area (Å²) < 4.78 is 0.477. The first kappa shape index (κ1) is 19.3. The number of hydrogen-bond donors (Lipinski definition) is 1. The molecule has 1 N–H and O–H groups in total. The van der Waals surface area contributed by atoms with Crippen LogP contribution in [0, 0.1) is 6.92 Å². The molecule has 2 aromatic carbocycles. The predicted molar refractivity (Wildman–Crippen MR) is 113 cm³/mol. The van der Waals surface area contributed by atoms with Crippen molar-refractivity contribution in [3.8, 4) is 11.1 Å². The van der Waals surface area contributed by atoms with Gasteiger partial charge in [-0.1, -0.05) is 72.5 Å². The summed E-state index contributed by atoms with van der Waals surface area (Å²) in [5, 5.41) is 8.77. The van der Waals surface area contributed by atoms with Gasteiger partial charge in [-0.3, -0.25) is 14.5 Å². The van der Waals surface area contributed by atoms with Crippen molar-refractivity contribution in [1.82, 2.24) is 4.90 Å². The number of aliphatic carboxylic acids is 1. The van der Waals surface area contributed by atoms with Crippen LogP contribution < -0.4 is 0 Å². The maximum atomic E-state index is 12.7. The average Bonchev–Trinajstić information content (AvgIpc) is 2.90. The molecule has 3 rings (SSSR count). The number of hydrogen-bond acceptors (Lipinski definition) is 4. The van der Waals surface area contributed by atoms with E-state index in [1.807, 2.05) is 42.5 Å². The van der Waals surface area contributed by atoms with Crippen molar-refractivity contribution in [2.45, 2.75) is 19.8 Å². The zero-order valence-corrected chi connectivity index (χ0v) is 16.5. The van der Waals surface area contributed by atoms with Crippen molar-refractivity contribution in [1.29, 1.82) is 0 Å². The summed E-state index contributed by atoms with van der Waals surface area (Å²) in [7, 11) is 0. The summed E-state index contributed by atoms with van der Waals surface area (Å²) in [6, 6.07) is 16.1. The van der Waals surface area contributed by atoms with E-state index < -0.39 is 5.97 Å². The number of benzene rings is 2. The summed E-state index contributed by atoms with van der Waals surface area (Å²) in [6.07, 6.45) is 2.28. The Morgan fingerprint density at radius 2 is 1.81 bits per heavy atom. The number of thiocarbonyl (C=S) groups is 1.